The molecule has 0 bridgehead atoms. The number of benzene rings is 3. The molecule has 2 aliphatic heterocycles. The molecule has 11 nitrogen and oxygen atoms in total. The second-order valence-corrected chi connectivity index (χ2v) is 13.6. The van der Waals surface area contributed by atoms with E-state index in [1.807, 2.05) is 18.9 Å². The summed E-state index contributed by atoms with van der Waals surface area (Å²) in [5.41, 5.74) is 2.74. The van der Waals surface area contributed by atoms with Crippen LogP contribution in [0, 0.1) is 24.6 Å². The molecule has 2 fully saturated rings. The van der Waals surface area contributed by atoms with Gasteiger partial charge in [0.15, 0.2) is 5.65 Å². The molecule has 0 atom stereocenters. The fraction of sp³-hybridized carbons (Fsp3) is 0.275. The van der Waals surface area contributed by atoms with Crippen molar-refractivity contribution in [3.63, 3.8) is 0 Å². The third-order valence-corrected chi connectivity index (χ3v) is 9.91. The van der Waals surface area contributed by atoms with E-state index in [1.165, 1.54) is 23.1 Å². The topological polar surface area (TPSA) is 115 Å². The number of urea groups is 1. The highest BCUT2D eigenvalue weighted by Crippen LogP contribution is 2.39. The highest BCUT2D eigenvalue weighted by Gasteiger charge is 2.36. The summed E-state index contributed by atoms with van der Waals surface area (Å²) in [6.07, 6.45) is -0.257. The van der Waals surface area contributed by atoms with Gasteiger partial charge in [-0.2, -0.15) is 18.3 Å². The lowest BCUT2D eigenvalue weighted by Gasteiger charge is -2.39. The molecule has 2 N–H and O–H groups in total. The van der Waals surface area contributed by atoms with Crippen LogP contribution in [0.3, 0.4) is 0 Å². The summed E-state index contributed by atoms with van der Waals surface area (Å²) in [5, 5.41) is 9.08. The first-order chi connectivity index (χ1) is 26.3. The lowest BCUT2D eigenvalue weighted by molar-refractivity contribution is -0.137. The average Bonchev–Trinajstić information content (AvgIpc) is 3.58. The lowest BCUT2D eigenvalue weighted by Crippen LogP contribution is -2.49. The zero-order chi connectivity index (χ0) is 38.9. The molecular weight excluding hydrogens is 716 g/mol. The molecule has 15 heteroatoms. The Kier molecular flexibility index (Phi) is 10.3. The highest BCUT2D eigenvalue weighted by molar-refractivity contribution is 6.06. The largest absolute Gasteiger partial charge is 0.418 e. The van der Waals surface area contributed by atoms with Crippen LogP contribution in [-0.4, -0.2) is 70.1 Å². The van der Waals surface area contributed by atoms with Crippen molar-refractivity contribution >= 4 is 40.6 Å². The summed E-state index contributed by atoms with van der Waals surface area (Å²) in [6.45, 7) is 2.94. The van der Waals surface area contributed by atoms with Crippen LogP contribution >= 0.6 is 0 Å². The summed E-state index contributed by atoms with van der Waals surface area (Å²) in [4.78, 5) is 46.1. The van der Waals surface area contributed by atoms with Gasteiger partial charge in [-0.25, -0.2) is 18.7 Å². The maximum absolute atomic E-state index is 15.1. The number of aromatic nitrogens is 3. The maximum Gasteiger partial charge on any atom is 0.418 e. The number of carbonyl (C=O) groups is 3. The number of amides is 4. The van der Waals surface area contributed by atoms with Crippen LogP contribution in [0.5, 0.6) is 0 Å². The van der Waals surface area contributed by atoms with Gasteiger partial charge >= 0.3 is 12.2 Å². The van der Waals surface area contributed by atoms with Gasteiger partial charge in [-0.1, -0.05) is 18.1 Å². The van der Waals surface area contributed by atoms with Crippen LogP contribution in [0.25, 0.3) is 5.65 Å². The number of hydrogen-bond acceptors (Lipinski definition) is 7. The van der Waals surface area contributed by atoms with E-state index in [-0.39, 0.29) is 48.4 Å². The Morgan fingerprint density at radius 2 is 1.82 bits per heavy atom. The first kappa shape index (κ1) is 37.1. The van der Waals surface area contributed by atoms with Crippen molar-refractivity contribution in [1.82, 2.24) is 24.8 Å². The molecule has 3 aromatic carbocycles. The Bertz CT molecular complexity index is 2360. The fourth-order valence-electron chi connectivity index (χ4n) is 6.85. The number of piperidine rings is 1. The van der Waals surface area contributed by atoms with Crippen LogP contribution in [-0.2, 0) is 17.5 Å². The van der Waals surface area contributed by atoms with Crippen LogP contribution in [0.1, 0.15) is 57.6 Å². The van der Waals surface area contributed by atoms with Gasteiger partial charge in [0.2, 0.25) is 5.91 Å². The van der Waals surface area contributed by atoms with Gasteiger partial charge in [-0.3, -0.25) is 24.7 Å². The van der Waals surface area contributed by atoms with Crippen LogP contribution in [0.2, 0.25) is 0 Å². The first-order valence-corrected chi connectivity index (χ1v) is 17.6. The normalized spacial score (nSPS) is 15.3. The van der Waals surface area contributed by atoms with Crippen molar-refractivity contribution in [2.24, 2.45) is 0 Å². The van der Waals surface area contributed by atoms with Gasteiger partial charge in [0.25, 0.3) is 5.91 Å². The number of fused-ring (bicyclic) bond motifs is 1. The predicted molar refractivity (Wildman–Crippen MR) is 198 cm³/mol. The van der Waals surface area contributed by atoms with E-state index in [2.05, 4.69) is 32.6 Å². The zero-order valence-corrected chi connectivity index (χ0v) is 30.0. The third kappa shape index (κ3) is 8.14. The van der Waals surface area contributed by atoms with E-state index in [0.29, 0.717) is 54.1 Å². The van der Waals surface area contributed by atoms with E-state index in [4.69, 9.17) is 0 Å². The minimum absolute atomic E-state index is 0.00292. The van der Waals surface area contributed by atoms with Gasteiger partial charge < -0.3 is 10.2 Å². The SMILES string of the molecule is Cc1ccc(C(=O)Nc2ccc(N3CCC(N(C)Cc4ccc(N5CCC(=O)NC5=O)cc4F)CC3)c(C(F)(F)F)c2)cc1C#Cc1cnc2cccnn12. The minimum atomic E-state index is -4.68. The Morgan fingerprint density at radius 3 is 2.56 bits per heavy atom. The molecule has 0 radical (unpaired) electrons. The number of alkyl halides is 3. The maximum atomic E-state index is 15.1. The zero-order valence-electron chi connectivity index (χ0n) is 30.0. The molecule has 0 spiro atoms. The van der Waals surface area contributed by atoms with Crippen molar-refractivity contribution < 1.29 is 31.9 Å². The molecule has 4 heterocycles. The van der Waals surface area contributed by atoms with Gasteiger partial charge in [0.1, 0.15) is 11.5 Å². The number of imidazole rings is 1. The smallest absolute Gasteiger partial charge is 0.371 e. The van der Waals surface area contributed by atoms with Gasteiger partial charge in [-0.15, -0.1) is 0 Å². The molecule has 0 unspecified atom stereocenters. The fourth-order valence-corrected chi connectivity index (χ4v) is 6.85. The summed E-state index contributed by atoms with van der Waals surface area (Å²) in [6, 6.07) is 16.2. The number of halogens is 4. The van der Waals surface area contributed by atoms with Crippen molar-refractivity contribution in [3.8, 4) is 11.8 Å². The Labute approximate surface area is 313 Å². The molecule has 5 aromatic rings. The van der Waals surface area contributed by atoms with Crippen molar-refractivity contribution in [2.45, 2.75) is 44.9 Å². The van der Waals surface area contributed by atoms with Crippen LogP contribution in [0.4, 0.5) is 39.4 Å². The van der Waals surface area contributed by atoms with Crippen LogP contribution in [0.15, 0.2) is 79.1 Å². The summed E-state index contributed by atoms with van der Waals surface area (Å²) in [7, 11) is 1.85. The number of anilines is 3. The highest BCUT2D eigenvalue weighted by atomic mass is 19.4. The number of nitrogens with one attached hydrogen (secondary N) is 2. The average molecular weight is 753 g/mol. The van der Waals surface area contributed by atoms with Gasteiger partial charge in [-0.05, 0) is 92.9 Å². The van der Waals surface area contributed by atoms with E-state index < -0.39 is 29.5 Å². The molecular formula is C40H36F4N8O3. The number of carbonyl (C=O) groups excluding carboxylic acids is 3. The third-order valence-electron chi connectivity index (χ3n) is 9.91. The number of rotatable bonds is 7. The second-order valence-electron chi connectivity index (χ2n) is 13.6. The number of nitrogens with zero attached hydrogens (tertiary/aromatic N) is 6. The molecule has 2 saturated heterocycles. The van der Waals surface area contributed by atoms with E-state index in [1.54, 1.807) is 64.3 Å². The predicted octanol–water partition coefficient (Wildman–Crippen LogP) is 6.39. The Balaban J connectivity index is 0.994. The monoisotopic (exact) mass is 752 g/mol. The molecule has 2 aliphatic rings. The van der Waals surface area contributed by atoms with Crippen molar-refractivity contribution in [2.75, 3.05) is 41.8 Å². The quantitative estimate of drug-likeness (QED) is 0.146. The van der Waals surface area contributed by atoms with E-state index in [0.717, 1.165) is 11.6 Å². The van der Waals surface area contributed by atoms with Gasteiger partial charge in [0.05, 0.1) is 11.8 Å². The first-order valence-electron chi connectivity index (χ1n) is 17.6. The number of imide groups is 1. The molecule has 0 aliphatic carbocycles. The molecule has 7 rings (SSSR count). The van der Waals surface area contributed by atoms with Crippen LogP contribution < -0.4 is 20.4 Å². The number of hydrogen-bond donors (Lipinski definition) is 2. The van der Waals surface area contributed by atoms with Crippen molar-refractivity contribution in [1.29, 1.82) is 0 Å². The molecule has 0 saturated carbocycles. The molecule has 282 valence electrons. The lowest BCUT2D eigenvalue weighted by atomic mass is 10.0. The molecule has 4 amide bonds. The van der Waals surface area contributed by atoms with E-state index in [9.17, 15) is 27.6 Å². The van der Waals surface area contributed by atoms with E-state index >= 15 is 4.39 Å². The Morgan fingerprint density at radius 1 is 1.02 bits per heavy atom. The summed E-state index contributed by atoms with van der Waals surface area (Å²) in [5.74, 6) is 4.62. The second kappa shape index (κ2) is 15.2. The Hall–Kier alpha value is -6.27. The standard InChI is InChI=1S/C40H36F4N8O3/c1-25-5-6-27(20-26(25)7-11-32-23-45-36-4-3-16-46-52(32)36)38(54)47-29-9-12-35(33(21-29)40(42,43)44)50-17-13-30(14-18-50)49(2)24-28-8-10-31(22-34(28)41)51-19-15-37(53)48-39(51)55/h3-6,8-10,12,16,20-23,30H,13-15,17-19,24H2,1-2H3,(H,47,54)(H,48,53,55). The molecule has 55 heavy (non-hydrogen) atoms. The van der Waals surface area contributed by atoms with Crippen molar-refractivity contribution in [3.05, 3.63) is 118 Å². The minimum Gasteiger partial charge on any atom is -0.371 e. The molecule has 2 aromatic heterocycles. The summed E-state index contributed by atoms with van der Waals surface area (Å²) < 4.78 is 60.1. The number of aryl methyl sites for hydroxylation is 1. The van der Waals surface area contributed by atoms with Gasteiger partial charge in [0, 0.05) is 78.6 Å². The summed E-state index contributed by atoms with van der Waals surface area (Å²) >= 11 is 0.